The fraction of sp³-hybridized carbons (Fsp3) is 0.500. The lowest BCUT2D eigenvalue weighted by atomic mass is 9.95. The highest BCUT2D eigenvalue weighted by atomic mass is 35.5. The molecule has 0 spiro atoms. The first-order valence-corrected chi connectivity index (χ1v) is 5.34. The van der Waals surface area contributed by atoms with Crippen LogP contribution in [0.25, 0.3) is 0 Å². The Morgan fingerprint density at radius 3 is 2.43 bits per heavy atom. The molecule has 0 fully saturated rings. The number of halogens is 1. The van der Waals surface area contributed by atoms with Gasteiger partial charge >= 0.3 is 0 Å². The van der Waals surface area contributed by atoms with E-state index in [0.29, 0.717) is 11.8 Å². The maximum Gasteiger partial charge on any atom is 0.122 e. The Balaban J connectivity index is 3.14. The highest BCUT2D eigenvalue weighted by molar-refractivity contribution is 6.18. The molecule has 2 heteroatoms. The molecule has 1 rings (SSSR count). The molecule has 0 bridgehead atoms. The van der Waals surface area contributed by atoms with Crippen LogP contribution in [0.15, 0.2) is 12.1 Å². The summed E-state index contributed by atoms with van der Waals surface area (Å²) in [5.41, 5.74) is 3.74. The molecule has 14 heavy (non-hydrogen) atoms. The van der Waals surface area contributed by atoms with Gasteiger partial charge < -0.3 is 4.74 Å². The number of methoxy groups -OCH3 is 1. The van der Waals surface area contributed by atoms with E-state index in [1.165, 1.54) is 16.7 Å². The molecule has 78 valence electrons. The zero-order valence-electron chi connectivity index (χ0n) is 9.23. The van der Waals surface area contributed by atoms with Gasteiger partial charge in [0.25, 0.3) is 0 Å². The summed E-state index contributed by atoms with van der Waals surface area (Å²) < 4.78 is 5.26. The lowest BCUT2D eigenvalue weighted by Crippen LogP contribution is -2.00. The third kappa shape index (κ3) is 2.21. The highest BCUT2D eigenvalue weighted by Crippen LogP contribution is 2.27. The van der Waals surface area contributed by atoms with Crippen molar-refractivity contribution >= 4 is 11.6 Å². The lowest BCUT2D eigenvalue weighted by Gasteiger charge is -2.15. The molecule has 0 aromatic heterocycles. The second-order valence-corrected chi connectivity index (χ2v) is 4.04. The first-order valence-electron chi connectivity index (χ1n) is 4.81. The van der Waals surface area contributed by atoms with Gasteiger partial charge in [0.15, 0.2) is 0 Å². The SMILES string of the molecule is COc1cc(C)c(C(C)CCl)cc1C. The summed E-state index contributed by atoms with van der Waals surface area (Å²) in [6.07, 6.45) is 0. The van der Waals surface area contributed by atoms with Gasteiger partial charge in [0.1, 0.15) is 5.75 Å². The van der Waals surface area contributed by atoms with Crippen molar-refractivity contribution in [3.05, 3.63) is 28.8 Å². The van der Waals surface area contributed by atoms with E-state index in [1.54, 1.807) is 7.11 Å². The van der Waals surface area contributed by atoms with Crippen LogP contribution in [0.4, 0.5) is 0 Å². The molecule has 0 aliphatic heterocycles. The number of hydrogen-bond acceptors (Lipinski definition) is 1. The van der Waals surface area contributed by atoms with Gasteiger partial charge in [0.05, 0.1) is 7.11 Å². The Kier molecular flexibility index (Phi) is 3.82. The quantitative estimate of drug-likeness (QED) is 0.695. The second kappa shape index (κ2) is 4.70. The van der Waals surface area contributed by atoms with Crippen LogP contribution in [0.5, 0.6) is 5.75 Å². The van der Waals surface area contributed by atoms with Crippen molar-refractivity contribution in [1.82, 2.24) is 0 Å². The minimum absolute atomic E-state index is 0.404. The number of benzene rings is 1. The molecule has 0 radical (unpaired) electrons. The number of rotatable bonds is 3. The normalized spacial score (nSPS) is 12.6. The van der Waals surface area contributed by atoms with E-state index in [1.807, 2.05) is 0 Å². The van der Waals surface area contributed by atoms with Crippen molar-refractivity contribution in [2.24, 2.45) is 0 Å². The maximum atomic E-state index is 5.85. The largest absolute Gasteiger partial charge is 0.496 e. The van der Waals surface area contributed by atoms with Crippen molar-refractivity contribution in [3.63, 3.8) is 0 Å². The molecule has 0 heterocycles. The van der Waals surface area contributed by atoms with Crippen LogP contribution >= 0.6 is 11.6 Å². The number of ether oxygens (including phenoxy) is 1. The van der Waals surface area contributed by atoms with Crippen LogP contribution < -0.4 is 4.74 Å². The number of hydrogen-bond donors (Lipinski definition) is 0. The smallest absolute Gasteiger partial charge is 0.122 e. The third-order valence-corrected chi connectivity index (χ3v) is 3.01. The first kappa shape index (κ1) is 11.4. The molecule has 1 aromatic rings. The van der Waals surface area contributed by atoms with Gasteiger partial charge in [-0.25, -0.2) is 0 Å². The lowest BCUT2D eigenvalue weighted by molar-refractivity contribution is 0.411. The van der Waals surface area contributed by atoms with E-state index in [-0.39, 0.29) is 0 Å². The van der Waals surface area contributed by atoms with Gasteiger partial charge in [-0.3, -0.25) is 0 Å². The molecule has 1 aromatic carbocycles. The van der Waals surface area contributed by atoms with Gasteiger partial charge in [0, 0.05) is 5.88 Å². The van der Waals surface area contributed by atoms with Crippen molar-refractivity contribution in [2.45, 2.75) is 26.7 Å². The number of alkyl halides is 1. The number of aryl methyl sites for hydroxylation is 2. The summed E-state index contributed by atoms with van der Waals surface area (Å²) in [6, 6.07) is 4.24. The highest BCUT2D eigenvalue weighted by Gasteiger charge is 2.10. The molecular weight excluding hydrogens is 196 g/mol. The molecule has 0 N–H and O–H groups in total. The second-order valence-electron chi connectivity index (χ2n) is 3.73. The van der Waals surface area contributed by atoms with Gasteiger partial charge in [-0.1, -0.05) is 13.0 Å². The van der Waals surface area contributed by atoms with E-state index in [2.05, 4.69) is 32.9 Å². The fourth-order valence-electron chi connectivity index (χ4n) is 1.65. The molecule has 0 saturated carbocycles. The summed E-state index contributed by atoms with van der Waals surface area (Å²) >= 11 is 5.85. The zero-order chi connectivity index (χ0) is 10.7. The van der Waals surface area contributed by atoms with Crippen LogP contribution in [0, 0.1) is 13.8 Å². The Morgan fingerprint density at radius 1 is 1.29 bits per heavy atom. The van der Waals surface area contributed by atoms with Crippen LogP contribution in [0.2, 0.25) is 0 Å². The summed E-state index contributed by atoms with van der Waals surface area (Å²) in [7, 11) is 1.70. The standard InChI is InChI=1S/C12H17ClO/c1-8-6-12(14-4)9(2)5-11(8)10(3)7-13/h5-6,10H,7H2,1-4H3. The molecule has 0 aliphatic carbocycles. The van der Waals surface area contributed by atoms with Crippen molar-refractivity contribution < 1.29 is 4.74 Å². The fourth-order valence-corrected chi connectivity index (χ4v) is 1.81. The monoisotopic (exact) mass is 212 g/mol. The van der Waals surface area contributed by atoms with Crippen molar-refractivity contribution in [2.75, 3.05) is 13.0 Å². The van der Waals surface area contributed by atoms with Gasteiger partial charge in [0.2, 0.25) is 0 Å². The molecule has 0 amide bonds. The van der Waals surface area contributed by atoms with Crippen LogP contribution in [-0.2, 0) is 0 Å². The van der Waals surface area contributed by atoms with E-state index in [0.717, 1.165) is 5.75 Å². The predicted octanol–water partition coefficient (Wildman–Crippen LogP) is 3.65. The van der Waals surface area contributed by atoms with E-state index in [9.17, 15) is 0 Å². The summed E-state index contributed by atoms with van der Waals surface area (Å²) in [5, 5.41) is 0. The molecule has 0 aliphatic rings. The van der Waals surface area contributed by atoms with Crippen molar-refractivity contribution in [1.29, 1.82) is 0 Å². The minimum atomic E-state index is 0.404. The summed E-state index contributed by atoms with van der Waals surface area (Å²) in [4.78, 5) is 0. The maximum absolute atomic E-state index is 5.85. The Morgan fingerprint density at radius 2 is 1.93 bits per heavy atom. The molecule has 1 nitrogen and oxygen atoms in total. The molecule has 1 unspecified atom stereocenters. The van der Waals surface area contributed by atoms with E-state index >= 15 is 0 Å². The van der Waals surface area contributed by atoms with Gasteiger partial charge in [-0.15, -0.1) is 11.6 Å². The Hall–Kier alpha value is -0.690. The van der Waals surface area contributed by atoms with Crippen LogP contribution in [0.3, 0.4) is 0 Å². The van der Waals surface area contributed by atoms with E-state index < -0.39 is 0 Å². The average molecular weight is 213 g/mol. The summed E-state index contributed by atoms with van der Waals surface area (Å²) in [6.45, 7) is 6.30. The van der Waals surface area contributed by atoms with Crippen LogP contribution in [-0.4, -0.2) is 13.0 Å². The van der Waals surface area contributed by atoms with Crippen LogP contribution in [0.1, 0.15) is 29.5 Å². The Bertz CT molecular complexity index is 320. The average Bonchev–Trinajstić information content (AvgIpc) is 2.19. The molecular formula is C12H17ClO. The first-order chi connectivity index (χ1) is 6.60. The summed E-state index contributed by atoms with van der Waals surface area (Å²) in [5.74, 6) is 2.02. The minimum Gasteiger partial charge on any atom is -0.496 e. The Labute approximate surface area is 91.0 Å². The predicted molar refractivity (Wildman–Crippen MR) is 61.6 cm³/mol. The zero-order valence-corrected chi connectivity index (χ0v) is 9.98. The van der Waals surface area contributed by atoms with Gasteiger partial charge in [-0.2, -0.15) is 0 Å². The van der Waals surface area contributed by atoms with Gasteiger partial charge in [-0.05, 0) is 42.5 Å². The topological polar surface area (TPSA) is 9.23 Å². The van der Waals surface area contributed by atoms with E-state index in [4.69, 9.17) is 16.3 Å². The third-order valence-electron chi connectivity index (χ3n) is 2.55. The van der Waals surface area contributed by atoms with Crippen molar-refractivity contribution in [3.8, 4) is 5.75 Å². The molecule has 1 atom stereocenters. The molecule has 0 saturated heterocycles.